The zero-order valence-electron chi connectivity index (χ0n) is 19.6. The lowest BCUT2D eigenvalue weighted by molar-refractivity contribution is -0.139. The minimum Gasteiger partial charge on any atom is -0.357 e. The van der Waals surface area contributed by atoms with Crippen molar-refractivity contribution in [2.75, 3.05) is 58.9 Å². The van der Waals surface area contributed by atoms with Gasteiger partial charge < -0.3 is 15.1 Å². The monoisotopic (exact) mass is 437 g/mol. The van der Waals surface area contributed by atoms with Crippen molar-refractivity contribution in [3.63, 3.8) is 0 Å². The zero-order valence-corrected chi connectivity index (χ0v) is 19.6. The molecule has 0 spiro atoms. The number of rotatable bonds is 6. The van der Waals surface area contributed by atoms with E-state index in [9.17, 15) is 4.79 Å². The standard InChI is InChI=1S/C26H39N5O/c1-2-27-26(31-14-11-23(12-15-31)21-22-7-4-3-5-8-22)28-13-16-29-17-19-30(20-18-29)25(32)24-9-6-10-24/h3-5,7-8,21,24H,2,6,9-20H2,1H3,(H,27,28). The van der Waals surface area contributed by atoms with Crippen LogP contribution in [0, 0.1) is 5.92 Å². The van der Waals surface area contributed by atoms with E-state index in [1.54, 1.807) is 0 Å². The second-order valence-corrected chi connectivity index (χ2v) is 9.23. The molecule has 1 aromatic carbocycles. The largest absolute Gasteiger partial charge is 0.357 e. The third-order valence-corrected chi connectivity index (χ3v) is 7.03. The second-order valence-electron chi connectivity index (χ2n) is 9.23. The Morgan fingerprint density at radius 1 is 1.03 bits per heavy atom. The van der Waals surface area contributed by atoms with Crippen molar-refractivity contribution >= 4 is 17.9 Å². The maximum absolute atomic E-state index is 12.4. The van der Waals surface area contributed by atoms with Crippen molar-refractivity contribution in [3.8, 4) is 0 Å². The number of hydrogen-bond donors (Lipinski definition) is 1. The summed E-state index contributed by atoms with van der Waals surface area (Å²) in [5.41, 5.74) is 2.82. The van der Waals surface area contributed by atoms with Crippen LogP contribution in [0.5, 0.6) is 0 Å². The number of piperazine rings is 1. The Morgan fingerprint density at radius 3 is 2.38 bits per heavy atom. The normalized spacial score (nSPS) is 20.8. The fraction of sp³-hybridized carbons (Fsp3) is 0.615. The first-order valence-corrected chi connectivity index (χ1v) is 12.5. The van der Waals surface area contributed by atoms with Crippen molar-refractivity contribution in [3.05, 3.63) is 41.5 Å². The molecule has 1 amide bonds. The fourth-order valence-electron chi connectivity index (χ4n) is 4.76. The molecule has 0 unspecified atom stereocenters. The SMILES string of the molecule is CCNC(=NCCN1CCN(C(=O)C2CCC2)CC1)N1CCC(=Cc2ccccc2)CC1. The van der Waals surface area contributed by atoms with Gasteiger partial charge in [-0.2, -0.15) is 0 Å². The van der Waals surface area contributed by atoms with Crippen LogP contribution in [-0.2, 0) is 4.79 Å². The van der Waals surface area contributed by atoms with Gasteiger partial charge in [-0.3, -0.25) is 14.7 Å². The smallest absolute Gasteiger partial charge is 0.225 e. The highest BCUT2D eigenvalue weighted by atomic mass is 16.2. The lowest BCUT2D eigenvalue weighted by atomic mass is 9.84. The summed E-state index contributed by atoms with van der Waals surface area (Å²) in [6, 6.07) is 10.6. The van der Waals surface area contributed by atoms with E-state index >= 15 is 0 Å². The summed E-state index contributed by atoms with van der Waals surface area (Å²) in [5, 5.41) is 3.49. The van der Waals surface area contributed by atoms with Gasteiger partial charge in [-0.15, -0.1) is 0 Å². The van der Waals surface area contributed by atoms with E-state index < -0.39 is 0 Å². The molecular formula is C26H39N5O. The molecule has 4 rings (SSSR count). The minimum absolute atomic E-state index is 0.321. The Morgan fingerprint density at radius 2 is 1.75 bits per heavy atom. The van der Waals surface area contributed by atoms with Crippen LogP contribution in [0.15, 0.2) is 40.9 Å². The molecule has 1 aromatic rings. The Kier molecular flexibility index (Phi) is 8.21. The van der Waals surface area contributed by atoms with Gasteiger partial charge in [-0.1, -0.05) is 48.4 Å². The molecule has 2 aliphatic heterocycles. The molecule has 0 aromatic heterocycles. The van der Waals surface area contributed by atoms with Crippen LogP contribution in [0.1, 0.15) is 44.6 Å². The second kappa shape index (κ2) is 11.5. The van der Waals surface area contributed by atoms with Crippen molar-refractivity contribution in [1.29, 1.82) is 0 Å². The van der Waals surface area contributed by atoms with E-state index in [4.69, 9.17) is 4.99 Å². The maximum Gasteiger partial charge on any atom is 0.225 e. The van der Waals surface area contributed by atoms with Crippen LogP contribution in [0.2, 0.25) is 0 Å². The summed E-state index contributed by atoms with van der Waals surface area (Å²) in [5.74, 6) is 1.76. The maximum atomic E-state index is 12.4. The third-order valence-electron chi connectivity index (χ3n) is 7.03. The first-order chi connectivity index (χ1) is 15.7. The zero-order chi connectivity index (χ0) is 22.2. The molecule has 2 heterocycles. The van der Waals surface area contributed by atoms with Gasteiger partial charge in [-0.25, -0.2) is 0 Å². The van der Waals surface area contributed by atoms with E-state index in [1.807, 2.05) is 0 Å². The molecule has 0 atom stereocenters. The molecule has 2 saturated heterocycles. The van der Waals surface area contributed by atoms with Gasteiger partial charge in [0.25, 0.3) is 0 Å². The first kappa shape index (κ1) is 22.8. The number of piperidine rings is 1. The molecule has 1 N–H and O–H groups in total. The molecule has 0 bridgehead atoms. The van der Waals surface area contributed by atoms with Gasteiger partial charge in [0, 0.05) is 58.3 Å². The summed E-state index contributed by atoms with van der Waals surface area (Å²) in [4.78, 5) is 24.3. The number of carbonyl (C=O) groups excluding carboxylic acids is 1. The predicted octanol–water partition coefficient (Wildman–Crippen LogP) is 3.08. The number of likely N-dealkylation sites (tertiary alicyclic amines) is 1. The number of hydrogen-bond acceptors (Lipinski definition) is 3. The highest BCUT2D eigenvalue weighted by Gasteiger charge is 2.31. The number of nitrogens with one attached hydrogen (secondary N) is 1. The van der Waals surface area contributed by atoms with Crippen LogP contribution in [0.4, 0.5) is 0 Å². The van der Waals surface area contributed by atoms with Gasteiger partial charge in [0.1, 0.15) is 0 Å². The van der Waals surface area contributed by atoms with E-state index in [0.717, 1.165) is 90.5 Å². The number of carbonyl (C=O) groups is 1. The molecule has 3 fully saturated rings. The van der Waals surface area contributed by atoms with Gasteiger partial charge in [-0.05, 0) is 38.2 Å². The number of guanidine groups is 1. The van der Waals surface area contributed by atoms with Crippen LogP contribution in [-0.4, -0.2) is 85.5 Å². The van der Waals surface area contributed by atoms with Crippen LogP contribution >= 0.6 is 0 Å². The quantitative estimate of drug-likeness (QED) is 0.549. The Labute approximate surface area is 193 Å². The van der Waals surface area contributed by atoms with Crippen LogP contribution < -0.4 is 5.32 Å². The lowest BCUT2D eigenvalue weighted by Crippen LogP contribution is -2.51. The molecular weight excluding hydrogens is 398 g/mol. The van der Waals surface area contributed by atoms with Gasteiger partial charge >= 0.3 is 0 Å². The van der Waals surface area contributed by atoms with E-state index in [2.05, 4.69) is 63.3 Å². The number of benzene rings is 1. The minimum atomic E-state index is 0.321. The molecule has 32 heavy (non-hydrogen) atoms. The Bertz CT molecular complexity index is 784. The van der Waals surface area contributed by atoms with Crippen molar-refractivity contribution in [1.82, 2.24) is 20.0 Å². The van der Waals surface area contributed by atoms with Crippen molar-refractivity contribution in [2.45, 2.75) is 39.0 Å². The molecule has 174 valence electrons. The van der Waals surface area contributed by atoms with E-state index in [-0.39, 0.29) is 0 Å². The average Bonchev–Trinajstić information content (AvgIpc) is 2.79. The summed E-state index contributed by atoms with van der Waals surface area (Å²) in [6.07, 6.45) is 7.95. The molecule has 1 aliphatic carbocycles. The van der Waals surface area contributed by atoms with Crippen molar-refractivity contribution < 1.29 is 4.79 Å². The lowest BCUT2D eigenvalue weighted by Gasteiger charge is -2.38. The van der Waals surface area contributed by atoms with E-state index in [1.165, 1.54) is 17.6 Å². The molecule has 6 heteroatoms. The highest BCUT2D eigenvalue weighted by Crippen LogP contribution is 2.28. The molecule has 0 radical (unpaired) electrons. The average molecular weight is 438 g/mol. The molecule has 1 saturated carbocycles. The highest BCUT2D eigenvalue weighted by molar-refractivity contribution is 5.80. The summed E-state index contributed by atoms with van der Waals surface area (Å²) in [7, 11) is 0. The third kappa shape index (κ3) is 6.12. The summed E-state index contributed by atoms with van der Waals surface area (Å²) >= 11 is 0. The molecule has 3 aliphatic rings. The van der Waals surface area contributed by atoms with Gasteiger partial charge in [0.15, 0.2) is 5.96 Å². The van der Waals surface area contributed by atoms with Crippen LogP contribution in [0.3, 0.4) is 0 Å². The molecule has 6 nitrogen and oxygen atoms in total. The van der Waals surface area contributed by atoms with Crippen LogP contribution in [0.25, 0.3) is 6.08 Å². The Hall–Kier alpha value is -2.34. The predicted molar refractivity (Wildman–Crippen MR) is 132 cm³/mol. The fourth-order valence-corrected chi connectivity index (χ4v) is 4.76. The summed E-state index contributed by atoms with van der Waals surface area (Å²) < 4.78 is 0. The van der Waals surface area contributed by atoms with E-state index in [0.29, 0.717) is 11.8 Å². The number of aliphatic imine (C=N–C) groups is 1. The Balaban J connectivity index is 1.21. The first-order valence-electron chi connectivity index (χ1n) is 12.5. The number of nitrogens with zero attached hydrogens (tertiary/aromatic N) is 4. The topological polar surface area (TPSA) is 51.2 Å². The summed E-state index contributed by atoms with van der Waals surface area (Å²) in [6.45, 7) is 10.5. The van der Waals surface area contributed by atoms with Crippen molar-refractivity contribution in [2.24, 2.45) is 10.9 Å². The van der Waals surface area contributed by atoms with Gasteiger partial charge in [0.2, 0.25) is 5.91 Å². The van der Waals surface area contributed by atoms with Gasteiger partial charge in [0.05, 0.1) is 6.54 Å². The number of amides is 1.